The van der Waals surface area contributed by atoms with Crippen molar-refractivity contribution in [2.24, 2.45) is 5.92 Å². The smallest absolute Gasteiger partial charge is 0.182 e. The minimum atomic E-state index is -3.45. The van der Waals surface area contributed by atoms with Gasteiger partial charge in [0.15, 0.2) is 9.84 Å². The molecule has 2 atom stereocenters. The van der Waals surface area contributed by atoms with Crippen molar-refractivity contribution in [2.75, 3.05) is 0 Å². The first kappa shape index (κ1) is 22.3. The van der Waals surface area contributed by atoms with Crippen molar-refractivity contribution in [1.29, 1.82) is 0 Å². The molecular formula is C26H31NO2S. The quantitative estimate of drug-likeness (QED) is 0.453. The Labute approximate surface area is 181 Å². The van der Waals surface area contributed by atoms with E-state index in [1.807, 2.05) is 49.4 Å². The van der Waals surface area contributed by atoms with Gasteiger partial charge in [-0.3, -0.25) is 4.90 Å². The van der Waals surface area contributed by atoms with Crippen LogP contribution >= 0.6 is 0 Å². The van der Waals surface area contributed by atoms with Crippen molar-refractivity contribution in [3.63, 3.8) is 0 Å². The SMILES string of the molecule is CC(C)C(C(C)S(=O)(=O)c1ccccc1)N(Cc1ccccc1)Cc1ccccc1. The van der Waals surface area contributed by atoms with E-state index in [0.717, 1.165) is 0 Å². The summed E-state index contributed by atoms with van der Waals surface area (Å²) in [5, 5.41) is -0.535. The van der Waals surface area contributed by atoms with Crippen LogP contribution in [0.4, 0.5) is 0 Å². The third-order valence-corrected chi connectivity index (χ3v) is 7.79. The van der Waals surface area contributed by atoms with Gasteiger partial charge in [0, 0.05) is 19.1 Å². The highest BCUT2D eigenvalue weighted by molar-refractivity contribution is 7.92. The molecule has 0 saturated carbocycles. The maximum absolute atomic E-state index is 13.5. The van der Waals surface area contributed by atoms with Gasteiger partial charge in [0.05, 0.1) is 10.1 Å². The Kier molecular flexibility index (Phi) is 7.46. The molecule has 0 bridgehead atoms. The van der Waals surface area contributed by atoms with E-state index >= 15 is 0 Å². The number of hydrogen-bond donors (Lipinski definition) is 0. The van der Waals surface area contributed by atoms with Crippen LogP contribution in [0.1, 0.15) is 31.9 Å². The summed E-state index contributed by atoms with van der Waals surface area (Å²) in [7, 11) is -3.45. The summed E-state index contributed by atoms with van der Waals surface area (Å²) in [6.45, 7) is 7.49. The summed E-state index contributed by atoms with van der Waals surface area (Å²) < 4.78 is 26.9. The molecule has 4 heteroatoms. The van der Waals surface area contributed by atoms with Crippen molar-refractivity contribution in [1.82, 2.24) is 4.90 Å². The molecule has 3 rings (SSSR count). The number of sulfone groups is 1. The molecule has 0 radical (unpaired) electrons. The third kappa shape index (κ3) is 5.38. The van der Waals surface area contributed by atoms with E-state index in [-0.39, 0.29) is 12.0 Å². The number of nitrogens with zero attached hydrogens (tertiary/aromatic N) is 1. The highest BCUT2D eigenvalue weighted by Crippen LogP contribution is 2.28. The van der Waals surface area contributed by atoms with E-state index in [2.05, 4.69) is 43.0 Å². The second-order valence-corrected chi connectivity index (χ2v) is 10.5. The van der Waals surface area contributed by atoms with Gasteiger partial charge < -0.3 is 0 Å². The van der Waals surface area contributed by atoms with E-state index in [1.165, 1.54) is 11.1 Å². The Morgan fingerprint density at radius 3 is 1.47 bits per heavy atom. The minimum Gasteiger partial charge on any atom is -0.290 e. The zero-order valence-electron chi connectivity index (χ0n) is 18.0. The molecule has 0 amide bonds. The molecule has 0 aliphatic carbocycles. The van der Waals surface area contributed by atoms with Crippen LogP contribution < -0.4 is 0 Å². The minimum absolute atomic E-state index is 0.129. The molecule has 158 valence electrons. The summed E-state index contributed by atoms with van der Waals surface area (Å²) in [5.41, 5.74) is 2.37. The fourth-order valence-corrected chi connectivity index (χ4v) is 5.99. The van der Waals surface area contributed by atoms with Crippen LogP contribution in [-0.2, 0) is 22.9 Å². The zero-order chi connectivity index (χ0) is 21.6. The average Bonchev–Trinajstić information content (AvgIpc) is 2.75. The van der Waals surface area contributed by atoms with Crippen molar-refractivity contribution in [2.45, 2.75) is 50.0 Å². The molecule has 0 aliphatic heterocycles. The van der Waals surface area contributed by atoms with Crippen molar-refractivity contribution < 1.29 is 8.42 Å². The Bertz CT molecular complexity index is 961. The first-order valence-corrected chi connectivity index (χ1v) is 12.0. The van der Waals surface area contributed by atoms with Crippen LogP contribution in [0, 0.1) is 5.92 Å². The lowest BCUT2D eigenvalue weighted by molar-refractivity contribution is 0.135. The first-order valence-electron chi connectivity index (χ1n) is 10.5. The number of benzene rings is 3. The van der Waals surface area contributed by atoms with Gasteiger partial charge >= 0.3 is 0 Å². The summed E-state index contributed by atoms with van der Waals surface area (Å²) in [4.78, 5) is 2.71. The van der Waals surface area contributed by atoms with Gasteiger partial charge in [0.25, 0.3) is 0 Å². The summed E-state index contributed by atoms with van der Waals surface area (Å²) >= 11 is 0. The fourth-order valence-electron chi connectivity index (χ4n) is 4.17. The van der Waals surface area contributed by atoms with E-state index in [0.29, 0.717) is 18.0 Å². The molecule has 3 nitrogen and oxygen atoms in total. The second kappa shape index (κ2) is 10.1. The average molecular weight is 422 g/mol. The topological polar surface area (TPSA) is 37.4 Å². The fraction of sp³-hybridized carbons (Fsp3) is 0.308. The first-order chi connectivity index (χ1) is 14.4. The molecule has 3 aromatic carbocycles. The Hall–Kier alpha value is -2.43. The number of hydrogen-bond acceptors (Lipinski definition) is 3. The molecule has 0 fully saturated rings. The van der Waals surface area contributed by atoms with Gasteiger partial charge in [-0.2, -0.15) is 0 Å². The maximum atomic E-state index is 13.5. The van der Waals surface area contributed by atoms with Crippen LogP contribution in [0.2, 0.25) is 0 Å². The van der Waals surface area contributed by atoms with Crippen molar-refractivity contribution >= 4 is 9.84 Å². The highest BCUT2D eigenvalue weighted by Gasteiger charge is 2.36. The second-order valence-electron chi connectivity index (χ2n) is 8.17. The Morgan fingerprint density at radius 1 is 0.667 bits per heavy atom. The largest absolute Gasteiger partial charge is 0.290 e. The monoisotopic (exact) mass is 421 g/mol. The Morgan fingerprint density at radius 2 is 1.07 bits per heavy atom. The van der Waals surface area contributed by atoms with Crippen molar-refractivity contribution in [3.05, 3.63) is 102 Å². The van der Waals surface area contributed by atoms with Gasteiger partial charge in [-0.15, -0.1) is 0 Å². The standard InChI is InChI=1S/C26H31NO2S/c1-21(2)26(22(3)30(28,29)25-17-11-6-12-18-25)27(19-23-13-7-4-8-14-23)20-24-15-9-5-10-16-24/h4-18,21-22,26H,19-20H2,1-3H3. The van der Waals surface area contributed by atoms with E-state index in [1.54, 1.807) is 24.3 Å². The van der Waals surface area contributed by atoms with Gasteiger partial charge in [-0.25, -0.2) is 8.42 Å². The third-order valence-electron chi connectivity index (χ3n) is 5.60. The normalized spacial score (nSPS) is 14.0. The predicted molar refractivity (Wildman–Crippen MR) is 124 cm³/mol. The van der Waals surface area contributed by atoms with Crippen LogP contribution in [0.15, 0.2) is 95.9 Å². The van der Waals surface area contributed by atoms with Crippen LogP contribution in [0.5, 0.6) is 0 Å². The summed E-state index contributed by atoms with van der Waals surface area (Å²) in [6.07, 6.45) is 0. The highest BCUT2D eigenvalue weighted by atomic mass is 32.2. The van der Waals surface area contributed by atoms with E-state index in [9.17, 15) is 8.42 Å². The van der Waals surface area contributed by atoms with Crippen LogP contribution in [0.25, 0.3) is 0 Å². The number of rotatable bonds is 9. The molecule has 0 heterocycles. The molecule has 0 aromatic heterocycles. The van der Waals surface area contributed by atoms with Crippen molar-refractivity contribution in [3.8, 4) is 0 Å². The molecule has 0 saturated heterocycles. The molecule has 0 N–H and O–H groups in total. The zero-order valence-corrected chi connectivity index (χ0v) is 18.8. The summed E-state index contributed by atoms with van der Waals surface area (Å²) in [6, 6.07) is 29.2. The maximum Gasteiger partial charge on any atom is 0.182 e. The van der Waals surface area contributed by atoms with Gasteiger partial charge in [0.2, 0.25) is 0 Å². The van der Waals surface area contributed by atoms with Gasteiger partial charge in [-0.05, 0) is 36.1 Å². The Balaban J connectivity index is 1.98. The lowest BCUT2D eigenvalue weighted by Gasteiger charge is -2.38. The van der Waals surface area contributed by atoms with Gasteiger partial charge in [0.1, 0.15) is 0 Å². The lowest BCUT2D eigenvalue weighted by atomic mass is 9.97. The molecular weight excluding hydrogens is 390 g/mol. The van der Waals surface area contributed by atoms with Gasteiger partial charge in [-0.1, -0.05) is 92.7 Å². The van der Waals surface area contributed by atoms with Crippen LogP contribution in [-0.4, -0.2) is 24.6 Å². The molecule has 2 unspecified atom stereocenters. The lowest BCUT2D eigenvalue weighted by Crippen LogP contribution is -2.48. The summed E-state index contributed by atoms with van der Waals surface area (Å²) in [5.74, 6) is 0.172. The molecule has 3 aromatic rings. The van der Waals surface area contributed by atoms with E-state index in [4.69, 9.17) is 0 Å². The van der Waals surface area contributed by atoms with E-state index < -0.39 is 15.1 Å². The molecule has 0 spiro atoms. The molecule has 30 heavy (non-hydrogen) atoms. The van der Waals surface area contributed by atoms with Crippen LogP contribution in [0.3, 0.4) is 0 Å². The predicted octanol–water partition coefficient (Wildman–Crippen LogP) is 5.58. The molecule has 0 aliphatic rings.